The normalized spacial score (nSPS) is 30.1. The highest BCUT2D eigenvalue weighted by atomic mass is 16.6. The quantitative estimate of drug-likeness (QED) is 0.769. The van der Waals surface area contributed by atoms with Crippen molar-refractivity contribution in [2.75, 3.05) is 20.7 Å². The van der Waals surface area contributed by atoms with Gasteiger partial charge in [0.1, 0.15) is 17.1 Å². The van der Waals surface area contributed by atoms with Crippen molar-refractivity contribution in [3.05, 3.63) is 64.9 Å². The van der Waals surface area contributed by atoms with Crippen LogP contribution in [0.3, 0.4) is 0 Å². The summed E-state index contributed by atoms with van der Waals surface area (Å²) in [5, 5.41) is 10.1. The number of aromatic hydroxyl groups is 1. The number of likely N-dealkylation sites (tertiary alicyclic amines) is 1. The number of esters is 1. The number of allylic oxidation sites excluding steroid dienone is 1. The molecule has 1 saturated heterocycles. The Labute approximate surface area is 181 Å². The first-order valence-electron chi connectivity index (χ1n) is 10.8. The maximum absolute atomic E-state index is 12.9. The molecule has 0 radical (unpaired) electrons. The molecule has 2 heterocycles. The van der Waals surface area contributed by atoms with Gasteiger partial charge in [-0.15, -0.1) is 0 Å². The van der Waals surface area contributed by atoms with Gasteiger partial charge in [0.05, 0.1) is 7.11 Å². The third-order valence-corrected chi connectivity index (χ3v) is 7.76. The Hall–Kier alpha value is -2.99. The lowest BCUT2D eigenvalue weighted by Gasteiger charge is -2.56. The van der Waals surface area contributed by atoms with Crippen molar-refractivity contribution in [1.29, 1.82) is 0 Å². The molecular formula is C25H25NO5. The second-order valence-corrected chi connectivity index (χ2v) is 9.03. The Bertz CT molecular complexity index is 1120. The van der Waals surface area contributed by atoms with Gasteiger partial charge in [-0.05, 0) is 68.6 Å². The van der Waals surface area contributed by atoms with Gasteiger partial charge >= 0.3 is 5.97 Å². The molecule has 160 valence electrons. The number of benzene rings is 2. The molecule has 0 aromatic heterocycles. The maximum Gasteiger partial charge on any atom is 0.347 e. The number of carbonyl (C=O) groups excluding carboxylic acids is 1. The van der Waals surface area contributed by atoms with Crippen molar-refractivity contribution in [2.45, 2.75) is 36.8 Å². The van der Waals surface area contributed by atoms with Crippen LogP contribution in [-0.2, 0) is 16.6 Å². The number of phenolic OH excluding ortho intramolecular Hbond substituents is 1. The Morgan fingerprint density at radius 2 is 2.10 bits per heavy atom. The smallest absolute Gasteiger partial charge is 0.347 e. The van der Waals surface area contributed by atoms with Crippen LogP contribution in [0.1, 0.15) is 34.3 Å². The van der Waals surface area contributed by atoms with E-state index in [0.717, 1.165) is 37.3 Å². The minimum absolute atomic E-state index is 0.0865. The predicted molar refractivity (Wildman–Crippen MR) is 114 cm³/mol. The number of ether oxygens (including phenoxy) is 3. The summed E-state index contributed by atoms with van der Waals surface area (Å²) in [6.45, 7) is 0.970. The number of likely N-dealkylation sites (N-methyl/N-ethyl adjacent to an activating group) is 1. The van der Waals surface area contributed by atoms with Gasteiger partial charge in [-0.25, -0.2) is 4.79 Å². The zero-order valence-electron chi connectivity index (χ0n) is 17.6. The molecular weight excluding hydrogens is 394 g/mol. The Balaban J connectivity index is 1.45. The van der Waals surface area contributed by atoms with Gasteiger partial charge in [0, 0.05) is 17.0 Å². The second-order valence-electron chi connectivity index (χ2n) is 9.03. The average molecular weight is 419 g/mol. The zero-order chi connectivity index (χ0) is 21.3. The SMILES string of the molecule is COc1ccc2c3c1OC1C(OC(=O)c4ccccc4O)=CCC4C(C2)N(C)CCC314. The first-order chi connectivity index (χ1) is 15.0. The Morgan fingerprint density at radius 1 is 1.26 bits per heavy atom. The first-order valence-corrected chi connectivity index (χ1v) is 10.8. The van der Waals surface area contributed by atoms with Gasteiger partial charge in [-0.1, -0.05) is 18.2 Å². The highest BCUT2D eigenvalue weighted by Crippen LogP contribution is 2.63. The predicted octanol–water partition coefficient (Wildman–Crippen LogP) is 3.42. The van der Waals surface area contributed by atoms with E-state index in [4.69, 9.17) is 14.2 Å². The van der Waals surface area contributed by atoms with Crippen LogP contribution >= 0.6 is 0 Å². The van der Waals surface area contributed by atoms with E-state index in [-0.39, 0.29) is 22.8 Å². The van der Waals surface area contributed by atoms with E-state index in [0.29, 0.717) is 17.7 Å². The second kappa shape index (κ2) is 6.50. The van der Waals surface area contributed by atoms with E-state index >= 15 is 0 Å². The molecule has 1 spiro atoms. The summed E-state index contributed by atoms with van der Waals surface area (Å²) in [5.41, 5.74) is 2.48. The molecule has 1 N–H and O–H groups in total. The van der Waals surface area contributed by atoms with E-state index in [1.165, 1.54) is 17.2 Å². The molecule has 1 fully saturated rings. The number of hydrogen-bond acceptors (Lipinski definition) is 6. The van der Waals surface area contributed by atoms with Crippen LogP contribution in [0.2, 0.25) is 0 Å². The lowest BCUT2D eigenvalue weighted by Crippen LogP contribution is -2.63. The van der Waals surface area contributed by atoms with Crippen molar-refractivity contribution < 1.29 is 24.1 Å². The molecule has 0 amide bonds. The van der Waals surface area contributed by atoms with Crippen molar-refractivity contribution in [1.82, 2.24) is 4.90 Å². The number of hydrogen-bond donors (Lipinski definition) is 1. The van der Waals surface area contributed by atoms with Crippen LogP contribution in [0, 0.1) is 5.92 Å². The van der Waals surface area contributed by atoms with Crippen molar-refractivity contribution in [2.24, 2.45) is 5.92 Å². The highest BCUT2D eigenvalue weighted by Gasteiger charge is 2.64. The number of para-hydroxylation sites is 1. The largest absolute Gasteiger partial charge is 0.507 e. The number of nitrogens with zero attached hydrogens (tertiary/aromatic N) is 1. The summed E-state index contributed by atoms with van der Waals surface area (Å²) < 4.78 is 18.1. The molecule has 2 bridgehead atoms. The fraction of sp³-hybridized carbons (Fsp3) is 0.400. The number of piperidine rings is 1. The average Bonchev–Trinajstić information content (AvgIpc) is 3.12. The molecule has 6 nitrogen and oxygen atoms in total. The van der Waals surface area contributed by atoms with E-state index in [1.54, 1.807) is 25.3 Å². The van der Waals surface area contributed by atoms with E-state index in [2.05, 4.69) is 18.0 Å². The third-order valence-electron chi connectivity index (χ3n) is 7.76. The fourth-order valence-corrected chi connectivity index (χ4v) is 6.37. The molecule has 4 aliphatic rings. The monoisotopic (exact) mass is 419 g/mol. The summed E-state index contributed by atoms with van der Waals surface area (Å²) in [7, 11) is 3.86. The highest BCUT2D eigenvalue weighted by molar-refractivity contribution is 5.93. The van der Waals surface area contributed by atoms with Crippen LogP contribution < -0.4 is 9.47 Å². The topological polar surface area (TPSA) is 68.2 Å². The fourth-order valence-electron chi connectivity index (χ4n) is 6.37. The van der Waals surface area contributed by atoms with Gasteiger partial charge in [0.15, 0.2) is 17.6 Å². The molecule has 4 unspecified atom stereocenters. The maximum atomic E-state index is 12.9. The van der Waals surface area contributed by atoms with E-state index < -0.39 is 5.97 Å². The lowest BCUT2D eigenvalue weighted by molar-refractivity contribution is -0.0272. The first kappa shape index (κ1) is 18.8. The molecule has 31 heavy (non-hydrogen) atoms. The van der Waals surface area contributed by atoms with Gasteiger partial charge in [0.25, 0.3) is 0 Å². The number of carbonyl (C=O) groups is 1. The molecule has 2 aliphatic carbocycles. The van der Waals surface area contributed by atoms with Gasteiger partial charge < -0.3 is 24.2 Å². The van der Waals surface area contributed by atoms with Gasteiger partial charge in [0.2, 0.25) is 0 Å². The van der Waals surface area contributed by atoms with Crippen molar-refractivity contribution in [3.8, 4) is 17.2 Å². The standard InChI is InChI=1S/C25H25NO5/c1-26-12-11-25-16-8-10-20(30-24(28)15-5-3-4-6-18(15)27)23(25)31-22-19(29-2)9-7-14(21(22)25)13-17(16)26/h3-7,9-10,16-17,23,27H,8,11-13H2,1-2H3. The van der Waals surface area contributed by atoms with E-state index in [9.17, 15) is 9.90 Å². The number of methoxy groups -OCH3 is 1. The summed E-state index contributed by atoms with van der Waals surface area (Å²) in [6.07, 6.45) is 4.40. The molecule has 0 saturated carbocycles. The number of phenols is 1. The van der Waals surface area contributed by atoms with Crippen LogP contribution in [-0.4, -0.2) is 48.8 Å². The van der Waals surface area contributed by atoms with Crippen LogP contribution in [0.15, 0.2) is 48.2 Å². The van der Waals surface area contributed by atoms with Crippen LogP contribution in [0.4, 0.5) is 0 Å². The summed E-state index contributed by atoms with van der Waals surface area (Å²) in [4.78, 5) is 15.4. The molecule has 2 aromatic rings. The Kier molecular flexibility index (Phi) is 3.93. The third kappa shape index (κ3) is 2.39. The van der Waals surface area contributed by atoms with E-state index in [1.807, 2.05) is 12.1 Å². The molecule has 2 aliphatic heterocycles. The molecule has 6 rings (SSSR count). The molecule has 2 aromatic carbocycles. The number of rotatable bonds is 3. The zero-order valence-corrected chi connectivity index (χ0v) is 17.6. The minimum atomic E-state index is -0.564. The van der Waals surface area contributed by atoms with Crippen molar-refractivity contribution in [3.63, 3.8) is 0 Å². The molecule has 4 atom stereocenters. The summed E-state index contributed by atoms with van der Waals surface area (Å²) in [5.74, 6) is 1.81. The summed E-state index contributed by atoms with van der Waals surface area (Å²) in [6, 6.07) is 11.0. The van der Waals surface area contributed by atoms with Gasteiger partial charge in [-0.2, -0.15) is 0 Å². The summed E-state index contributed by atoms with van der Waals surface area (Å²) >= 11 is 0. The minimum Gasteiger partial charge on any atom is -0.507 e. The molecule has 6 heteroatoms. The lowest BCUT2D eigenvalue weighted by atomic mass is 9.53. The Morgan fingerprint density at radius 3 is 2.90 bits per heavy atom. The van der Waals surface area contributed by atoms with Crippen LogP contribution in [0.5, 0.6) is 17.2 Å². The van der Waals surface area contributed by atoms with Gasteiger partial charge in [-0.3, -0.25) is 0 Å². The van der Waals surface area contributed by atoms with Crippen molar-refractivity contribution >= 4 is 5.97 Å². The van der Waals surface area contributed by atoms with Crippen LogP contribution in [0.25, 0.3) is 0 Å².